The number of nitrogens with one attached hydrogen (secondary N) is 1. The summed E-state index contributed by atoms with van der Waals surface area (Å²) in [7, 11) is 1.26. The van der Waals surface area contributed by atoms with Gasteiger partial charge in [-0.05, 0) is 32.1 Å². The summed E-state index contributed by atoms with van der Waals surface area (Å²) < 4.78 is 23.4. The van der Waals surface area contributed by atoms with E-state index < -0.39 is 20.0 Å². The molecular formula is C67H133N2O6P. The van der Waals surface area contributed by atoms with Crippen molar-refractivity contribution in [1.82, 2.24) is 5.32 Å². The van der Waals surface area contributed by atoms with Gasteiger partial charge in [-0.3, -0.25) is 9.36 Å². The van der Waals surface area contributed by atoms with Crippen molar-refractivity contribution in [3.8, 4) is 0 Å². The van der Waals surface area contributed by atoms with Crippen LogP contribution in [0.15, 0.2) is 24.3 Å². The van der Waals surface area contributed by atoms with E-state index in [-0.39, 0.29) is 19.1 Å². The van der Waals surface area contributed by atoms with Crippen LogP contribution in [0.2, 0.25) is 0 Å². The summed E-state index contributed by atoms with van der Waals surface area (Å²) in [4.78, 5) is 25.6. The minimum absolute atomic E-state index is 0.00349. The molecule has 0 aromatic heterocycles. The number of phosphoric ester groups is 1. The first-order valence-corrected chi connectivity index (χ1v) is 35.2. The summed E-state index contributed by atoms with van der Waals surface area (Å²) in [5, 5.41) is 13.9. The van der Waals surface area contributed by atoms with Gasteiger partial charge < -0.3 is 28.8 Å². The van der Waals surface area contributed by atoms with Crippen LogP contribution in [0.4, 0.5) is 0 Å². The molecule has 0 heterocycles. The number of hydrogen-bond donors (Lipinski definition) is 2. The maximum Gasteiger partial charge on any atom is 0.268 e. The first-order chi connectivity index (χ1) is 37.0. The fourth-order valence-electron chi connectivity index (χ4n) is 10.4. The monoisotopic (exact) mass is 1090 g/mol. The third kappa shape index (κ3) is 60.6. The lowest BCUT2D eigenvalue weighted by Gasteiger charge is -2.29. The normalized spacial score (nSPS) is 13.8. The van der Waals surface area contributed by atoms with Crippen molar-refractivity contribution in [2.24, 2.45) is 0 Å². The van der Waals surface area contributed by atoms with Gasteiger partial charge in [-0.15, -0.1) is 0 Å². The van der Waals surface area contributed by atoms with Crippen LogP contribution in [0.3, 0.4) is 0 Å². The molecular weight excluding hydrogens is 960 g/mol. The summed E-state index contributed by atoms with van der Waals surface area (Å²) in [6.45, 7) is 4.69. The molecule has 0 aromatic rings. The average molecular weight is 1090 g/mol. The SMILES string of the molecule is CCCCCCCCCCCCCCCCCCC/C=C/CC/C=C/C(O)C(COP(=O)([O-])OCC[N+](C)(C)C)NC(=O)CCCCCCCCCCCCCCCCCCCCCCCCCCCCCCCCC. The van der Waals surface area contributed by atoms with Crippen LogP contribution in [0, 0.1) is 0 Å². The molecule has 0 saturated heterocycles. The third-order valence-corrected chi connectivity index (χ3v) is 16.6. The number of unbranched alkanes of at least 4 members (excludes halogenated alkanes) is 48. The Labute approximate surface area is 474 Å². The number of amides is 1. The smallest absolute Gasteiger partial charge is 0.268 e. The van der Waals surface area contributed by atoms with Crippen molar-refractivity contribution in [2.45, 2.75) is 360 Å². The van der Waals surface area contributed by atoms with Crippen molar-refractivity contribution in [1.29, 1.82) is 0 Å². The molecule has 0 bridgehead atoms. The molecule has 3 atom stereocenters. The third-order valence-electron chi connectivity index (χ3n) is 15.7. The van der Waals surface area contributed by atoms with Gasteiger partial charge in [0.1, 0.15) is 13.2 Å². The second-order valence-electron chi connectivity index (χ2n) is 24.5. The number of carbonyl (C=O) groups excluding carboxylic acids is 1. The van der Waals surface area contributed by atoms with Crippen LogP contribution >= 0.6 is 7.82 Å². The lowest BCUT2D eigenvalue weighted by molar-refractivity contribution is -0.870. The largest absolute Gasteiger partial charge is 0.756 e. The number of quaternary nitrogens is 1. The second kappa shape index (κ2) is 58.6. The van der Waals surface area contributed by atoms with Crippen molar-refractivity contribution < 1.29 is 32.9 Å². The number of phosphoric acid groups is 1. The minimum Gasteiger partial charge on any atom is -0.756 e. The van der Waals surface area contributed by atoms with E-state index in [1.54, 1.807) is 6.08 Å². The van der Waals surface area contributed by atoms with E-state index in [9.17, 15) is 19.4 Å². The lowest BCUT2D eigenvalue weighted by Crippen LogP contribution is -2.45. The topological polar surface area (TPSA) is 108 Å². The van der Waals surface area contributed by atoms with Gasteiger partial charge in [0.25, 0.3) is 7.82 Å². The molecule has 452 valence electrons. The molecule has 0 fully saturated rings. The molecule has 0 aliphatic heterocycles. The first kappa shape index (κ1) is 75.0. The summed E-state index contributed by atoms with van der Waals surface area (Å²) in [5.41, 5.74) is 0. The van der Waals surface area contributed by atoms with Gasteiger partial charge in [0.2, 0.25) is 5.91 Å². The predicted molar refractivity (Wildman–Crippen MR) is 330 cm³/mol. The zero-order valence-electron chi connectivity index (χ0n) is 51.7. The lowest BCUT2D eigenvalue weighted by atomic mass is 10.0. The number of aliphatic hydroxyl groups excluding tert-OH is 1. The van der Waals surface area contributed by atoms with Gasteiger partial charge in [-0.1, -0.05) is 334 Å². The highest BCUT2D eigenvalue weighted by Crippen LogP contribution is 2.38. The highest BCUT2D eigenvalue weighted by atomic mass is 31.2. The van der Waals surface area contributed by atoms with Crippen LogP contribution in [-0.4, -0.2) is 68.5 Å². The minimum atomic E-state index is -4.61. The summed E-state index contributed by atoms with van der Waals surface area (Å²) in [6.07, 6.45) is 75.9. The van der Waals surface area contributed by atoms with Gasteiger partial charge in [0, 0.05) is 6.42 Å². The molecule has 0 radical (unpaired) electrons. The number of likely N-dealkylation sites (N-methyl/N-ethyl adjacent to an activating group) is 1. The molecule has 0 aliphatic rings. The van der Waals surface area contributed by atoms with E-state index >= 15 is 0 Å². The van der Waals surface area contributed by atoms with Crippen molar-refractivity contribution in [2.75, 3.05) is 40.9 Å². The maximum absolute atomic E-state index is 13.0. The molecule has 9 heteroatoms. The molecule has 0 aromatic carbocycles. The highest BCUT2D eigenvalue weighted by molar-refractivity contribution is 7.45. The van der Waals surface area contributed by atoms with Crippen LogP contribution in [0.1, 0.15) is 348 Å². The van der Waals surface area contributed by atoms with Gasteiger partial charge in [-0.2, -0.15) is 0 Å². The van der Waals surface area contributed by atoms with E-state index in [0.29, 0.717) is 17.4 Å². The zero-order chi connectivity index (χ0) is 55.6. The number of rotatable bonds is 63. The van der Waals surface area contributed by atoms with Gasteiger partial charge >= 0.3 is 0 Å². The van der Waals surface area contributed by atoms with Gasteiger partial charge in [0.05, 0.1) is 39.9 Å². The quantitative estimate of drug-likeness (QED) is 0.0272. The fraction of sp³-hybridized carbons (Fsp3) is 0.925. The Morgan fingerprint density at radius 3 is 1.07 bits per heavy atom. The van der Waals surface area contributed by atoms with E-state index in [1.165, 1.54) is 289 Å². The Hall–Kier alpha value is -1.02. The average Bonchev–Trinajstić information content (AvgIpc) is 3.38. The van der Waals surface area contributed by atoms with Crippen LogP contribution in [-0.2, 0) is 18.4 Å². The Morgan fingerprint density at radius 2 is 0.737 bits per heavy atom. The molecule has 0 aliphatic carbocycles. The molecule has 0 rings (SSSR count). The molecule has 76 heavy (non-hydrogen) atoms. The van der Waals surface area contributed by atoms with Crippen molar-refractivity contribution in [3.63, 3.8) is 0 Å². The van der Waals surface area contributed by atoms with E-state index in [2.05, 4.69) is 31.3 Å². The summed E-state index contributed by atoms with van der Waals surface area (Å²) >= 11 is 0. The molecule has 3 unspecified atom stereocenters. The zero-order valence-corrected chi connectivity index (χ0v) is 52.6. The second-order valence-corrected chi connectivity index (χ2v) is 25.9. The molecule has 0 saturated carbocycles. The van der Waals surface area contributed by atoms with Crippen molar-refractivity contribution >= 4 is 13.7 Å². The fourth-order valence-corrected chi connectivity index (χ4v) is 11.1. The molecule has 8 nitrogen and oxygen atoms in total. The maximum atomic E-state index is 13.0. The summed E-state index contributed by atoms with van der Waals surface area (Å²) in [5.74, 6) is -0.199. The van der Waals surface area contributed by atoms with Crippen LogP contribution in [0.25, 0.3) is 0 Å². The number of aliphatic hydroxyl groups is 1. The predicted octanol–water partition coefficient (Wildman–Crippen LogP) is 20.5. The number of allylic oxidation sites excluding steroid dienone is 3. The standard InChI is InChI=1S/C67H133N2O6P/c1-6-8-10-12-14-16-18-20-22-24-26-28-30-31-32-33-34-35-36-37-39-41-43-45-47-49-51-53-55-57-59-61-67(71)68-65(64-75-76(72,73)74-63-62-69(3,4)5)66(70)60-58-56-54-52-50-48-46-44-42-40-38-29-27-25-23-21-19-17-15-13-11-9-7-2/h50,52,58,60,65-66,70H,6-49,51,53-57,59,61-64H2,1-5H3,(H-,68,71,72,73)/b52-50+,60-58+. The number of carbonyl (C=O) groups is 1. The number of nitrogens with zero attached hydrogens (tertiary/aromatic N) is 1. The highest BCUT2D eigenvalue weighted by Gasteiger charge is 2.23. The summed E-state index contributed by atoms with van der Waals surface area (Å²) in [6, 6.07) is -0.901. The van der Waals surface area contributed by atoms with E-state index in [1.807, 2.05) is 27.2 Å². The van der Waals surface area contributed by atoms with Crippen molar-refractivity contribution in [3.05, 3.63) is 24.3 Å². The van der Waals surface area contributed by atoms with Gasteiger partial charge in [-0.25, -0.2) is 0 Å². The molecule has 2 N–H and O–H groups in total. The Balaban J connectivity index is 4.07. The Kier molecular flexibility index (Phi) is 57.8. The number of hydrogen-bond acceptors (Lipinski definition) is 6. The first-order valence-electron chi connectivity index (χ1n) is 33.7. The van der Waals surface area contributed by atoms with Crippen LogP contribution in [0.5, 0.6) is 0 Å². The van der Waals surface area contributed by atoms with Gasteiger partial charge in [0.15, 0.2) is 0 Å². The van der Waals surface area contributed by atoms with E-state index in [0.717, 1.165) is 38.5 Å². The molecule has 1 amide bonds. The Bertz CT molecular complexity index is 1290. The molecule has 0 spiro atoms. The Morgan fingerprint density at radius 1 is 0.447 bits per heavy atom. The van der Waals surface area contributed by atoms with Crippen LogP contribution < -0.4 is 10.2 Å². The van der Waals surface area contributed by atoms with E-state index in [4.69, 9.17) is 9.05 Å².